The molecule has 1 N–H and O–H groups in total. The van der Waals surface area contributed by atoms with Gasteiger partial charge in [0.1, 0.15) is 5.82 Å². The van der Waals surface area contributed by atoms with Crippen LogP contribution in [0.2, 0.25) is 0 Å². The number of hydrogen-bond donors (Lipinski definition) is 1. The largest absolute Gasteiger partial charge is 0.347 e. The van der Waals surface area contributed by atoms with Gasteiger partial charge in [0.25, 0.3) is 0 Å². The molecule has 2 saturated heterocycles. The van der Waals surface area contributed by atoms with Crippen LogP contribution in [-0.4, -0.2) is 42.1 Å². The zero-order valence-electron chi connectivity index (χ0n) is 16.4. The summed E-state index contributed by atoms with van der Waals surface area (Å²) in [5.41, 5.74) is 3.32. The Morgan fingerprint density at radius 2 is 1.70 bits per heavy atom. The maximum Gasteiger partial charge on any atom is 0.227 e. The highest BCUT2D eigenvalue weighted by Crippen LogP contribution is 2.32. The van der Waals surface area contributed by atoms with Crippen molar-refractivity contribution in [1.29, 1.82) is 0 Å². The summed E-state index contributed by atoms with van der Waals surface area (Å²) in [6, 6.07) is 10.5. The molecular weight excluding hydrogens is 340 g/mol. The molecule has 1 aromatic carbocycles. The molecule has 4 rings (SSSR count). The third-order valence-electron chi connectivity index (χ3n) is 5.31. The molecule has 0 aliphatic carbocycles. The van der Waals surface area contributed by atoms with Crippen molar-refractivity contribution in [3.63, 3.8) is 0 Å². The van der Waals surface area contributed by atoms with Crippen LogP contribution in [0.5, 0.6) is 0 Å². The first-order valence-corrected chi connectivity index (χ1v) is 9.79. The molecule has 3 heterocycles. The van der Waals surface area contributed by atoms with E-state index in [9.17, 15) is 0 Å². The molecule has 2 aliphatic heterocycles. The lowest BCUT2D eigenvalue weighted by Gasteiger charge is -2.37. The third-order valence-corrected chi connectivity index (χ3v) is 5.31. The first-order chi connectivity index (χ1) is 13.0. The van der Waals surface area contributed by atoms with Crippen molar-refractivity contribution in [3.8, 4) is 0 Å². The number of aryl methyl sites for hydroxylation is 1. The molecule has 1 aromatic heterocycles. The second-order valence-electron chi connectivity index (χ2n) is 7.69. The zero-order valence-corrected chi connectivity index (χ0v) is 16.4. The van der Waals surface area contributed by atoms with E-state index in [4.69, 9.17) is 14.5 Å². The lowest BCUT2D eigenvalue weighted by molar-refractivity contribution is -0.169. The molecule has 0 amide bonds. The standard InChI is InChI=1S/C21H28N4O2/c1-15(2)17-4-6-18(7-5-17)23-19-14-16(3)22-20(24-19)25-10-8-21(9-11-25)26-12-13-27-21/h4-7,14-15H,8-13H2,1-3H3,(H,22,23,24). The van der Waals surface area contributed by atoms with Crippen LogP contribution in [-0.2, 0) is 9.47 Å². The van der Waals surface area contributed by atoms with Crippen LogP contribution in [0.15, 0.2) is 30.3 Å². The summed E-state index contributed by atoms with van der Waals surface area (Å²) >= 11 is 0. The second-order valence-corrected chi connectivity index (χ2v) is 7.69. The Morgan fingerprint density at radius 3 is 2.33 bits per heavy atom. The predicted octanol–water partition coefficient (Wildman–Crippen LogP) is 4.00. The van der Waals surface area contributed by atoms with Gasteiger partial charge in [-0.1, -0.05) is 26.0 Å². The minimum absolute atomic E-state index is 0.375. The minimum Gasteiger partial charge on any atom is -0.347 e. The summed E-state index contributed by atoms with van der Waals surface area (Å²) in [6.45, 7) is 9.49. The van der Waals surface area contributed by atoms with Crippen molar-refractivity contribution in [1.82, 2.24) is 9.97 Å². The van der Waals surface area contributed by atoms with E-state index in [-0.39, 0.29) is 5.79 Å². The number of benzene rings is 1. The van der Waals surface area contributed by atoms with Crippen LogP contribution in [0.1, 0.15) is 43.9 Å². The van der Waals surface area contributed by atoms with E-state index in [1.165, 1.54) is 5.56 Å². The lowest BCUT2D eigenvalue weighted by atomic mass is 10.0. The Bertz CT molecular complexity index is 775. The Morgan fingerprint density at radius 1 is 1.04 bits per heavy atom. The number of ether oxygens (including phenoxy) is 2. The molecule has 2 aromatic rings. The van der Waals surface area contributed by atoms with Crippen LogP contribution in [0.25, 0.3) is 0 Å². The van der Waals surface area contributed by atoms with Gasteiger partial charge >= 0.3 is 0 Å². The average Bonchev–Trinajstić information content (AvgIpc) is 3.10. The van der Waals surface area contributed by atoms with E-state index in [1.807, 2.05) is 13.0 Å². The lowest BCUT2D eigenvalue weighted by Crippen LogP contribution is -2.45. The third kappa shape index (κ3) is 4.06. The van der Waals surface area contributed by atoms with Gasteiger partial charge in [-0.15, -0.1) is 0 Å². The summed E-state index contributed by atoms with van der Waals surface area (Å²) in [5.74, 6) is 1.74. The van der Waals surface area contributed by atoms with Gasteiger partial charge in [-0.3, -0.25) is 0 Å². The van der Waals surface area contributed by atoms with Crippen LogP contribution in [0, 0.1) is 6.92 Å². The number of rotatable bonds is 4. The van der Waals surface area contributed by atoms with E-state index >= 15 is 0 Å². The Labute approximate surface area is 160 Å². The van der Waals surface area contributed by atoms with Gasteiger partial charge in [-0.05, 0) is 30.5 Å². The molecule has 27 heavy (non-hydrogen) atoms. The van der Waals surface area contributed by atoms with Crippen molar-refractivity contribution in [2.45, 2.75) is 45.3 Å². The smallest absolute Gasteiger partial charge is 0.227 e. The maximum atomic E-state index is 5.82. The molecule has 144 valence electrons. The molecule has 0 atom stereocenters. The number of anilines is 3. The molecule has 0 radical (unpaired) electrons. The van der Waals surface area contributed by atoms with Gasteiger partial charge < -0.3 is 19.7 Å². The molecular formula is C21H28N4O2. The second kappa shape index (κ2) is 7.44. The fraction of sp³-hybridized carbons (Fsp3) is 0.524. The van der Waals surface area contributed by atoms with Gasteiger partial charge in [0.05, 0.1) is 13.2 Å². The van der Waals surface area contributed by atoms with E-state index in [2.05, 4.69) is 53.3 Å². The maximum absolute atomic E-state index is 5.82. The highest BCUT2D eigenvalue weighted by Gasteiger charge is 2.40. The van der Waals surface area contributed by atoms with Gasteiger partial charge in [-0.2, -0.15) is 4.98 Å². The molecule has 2 fully saturated rings. The summed E-state index contributed by atoms with van der Waals surface area (Å²) in [4.78, 5) is 11.6. The number of piperidine rings is 1. The SMILES string of the molecule is Cc1cc(Nc2ccc(C(C)C)cc2)nc(N2CCC3(CC2)OCCO3)n1. The first-order valence-electron chi connectivity index (χ1n) is 9.79. The monoisotopic (exact) mass is 368 g/mol. The molecule has 0 unspecified atom stereocenters. The highest BCUT2D eigenvalue weighted by atomic mass is 16.7. The van der Waals surface area contributed by atoms with Gasteiger partial charge in [0, 0.05) is 43.4 Å². The summed E-state index contributed by atoms with van der Waals surface area (Å²) < 4.78 is 11.6. The highest BCUT2D eigenvalue weighted by molar-refractivity contribution is 5.58. The Balaban J connectivity index is 1.46. The summed E-state index contributed by atoms with van der Waals surface area (Å²) in [7, 11) is 0. The number of nitrogens with zero attached hydrogens (tertiary/aromatic N) is 3. The molecule has 0 bridgehead atoms. The van der Waals surface area contributed by atoms with Crippen molar-refractivity contribution >= 4 is 17.5 Å². The van der Waals surface area contributed by atoms with Crippen molar-refractivity contribution in [3.05, 3.63) is 41.6 Å². The van der Waals surface area contributed by atoms with E-state index < -0.39 is 0 Å². The summed E-state index contributed by atoms with van der Waals surface area (Å²) in [5, 5.41) is 3.41. The van der Waals surface area contributed by atoms with Gasteiger partial charge in [0.15, 0.2) is 5.79 Å². The first kappa shape index (κ1) is 18.2. The molecule has 2 aliphatic rings. The van der Waals surface area contributed by atoms with Crippen molar-refractivity contribution < 1.29 is 9.47 Å². The van der Waals surface area contributed by atoms with Gasteiger partial charge in [-0.25, -0.2) is 4.98 Å². The van der Waals surface area contributed by atoms with Crippen molar-refractivity contribution in [2.24, 2.45) is 0 Å². The number of hydrogen-bond acceptors (Lipinski definition) is 6. The molecule has 1 spiro atoms. The minimum atomic E-state index is -0.375. The molecule has 6 heteroatoms. The quantitative estimate of drug-likeness (QED) is 0.880. The fourth-order valence-corrected chi connectivity index (χ4v) is 3.69. The van der Waals surface area contributed by atoms with E-state index in [0.717, 1.165) is 49.1 Å². The fourth-order valence-electron chi connectivity index (χ4n) is 3.69. The average molecular weight is 368 g/mol. The van der Waals surface area contributed by atoms with Gasteiger partial charge in [0.2, 0.25) is 5.95 Å². The van der Waals surface area contributed by atoms with Crippen LogP contribution < -0.4 is 10.2 Å². The molecule has 0 saturated carbocycles. The summed E-state index contributed by atoms with van der Waals surface area (Å²) in [6.07, 6.45) is 1.70. The topological polar surface area (TPSA) is 59.5 Å². The van der Waals surface area contributed by atoms with Crippen LogP contribution >= 0.6 is 0 Å². The normalized spacial score (nSPS) is 19.0. The number of nitrogens with one attached hydrogen (secondary N) is 1. The Hall–Kier alpha value is -2.18. The van der Waals surface area contributed by atoms with Crippen LogP contribution in [0.3, 0.4) is 0 Å². The van der Waals surface area contributed by atoms with E-state index in [1.54, 1.807) is 0 Å². The van der Waals surface area contributed by atoms with E-state index in [0.29, 0.717) is 19.1 Å². The van der Waals surface area contributed by atoms with Crippen LogP contribution in [0.4, 0.5) is 17.5 Å². The molecule has 6 nitrogen and oxygen atoms in total. The zero-order chi connectivity index (χ0) is 18.9. The Kier molecular flexibility index (Phi) is 5.02. The number of aromatic nitrogens is 2. The predicted molar refractivity (Wildman–Crippen MR) is 107 cm³/mol. The van der Waals surface area contributed by atoms with Crippen molar-refractivity contribution in [2.75, 3.05) is 36.5 Å².